The van der Waals surface area contributed by atoms with Gasteiger partial charge in [0.15, 0.2) is 9.75 Å². The summed E-state index contributed by atoms with van der Waals surface area (Å²) in [6, 6.07) is 21.1. The molecule has 6 atom stereocenters. The van der Waals surface area contributed by atoms with E-state index in [4.69, 9.17) is 27.9 Å². The number of anilines is 1. The van der Waals surface area contributed by atoms with Crippen molar-refractivity contribution < 1.29 is 29.0 Å². The molecule has 2 aliphatic carbocycles. The van der Waals surface area contributed by atoms with E-state index in [0.29, 0.717) is 17.0 Å². The van der Waals surface area contributed by atoms with Gasteiger partial charge >= 0.3 is 0 Å². The fourth-order valence-electron chi connectivity index (χ4n) is 7.53. The zero-order valence-electron chi connectivity index (χ0n) is 24.0. The fourth-order valence-corrected chi connectivity index (χ4v) is 8.81. The van der Waals surface area contributed by atoms with Gasteiger partial charge in [-0.15, -0.1) is 23.2 Å². The zero-order chi connectivity index (χ0) is 31.8. The number of alkyl halides is 2. The summed E-state index contributed by atoms with van der Waals surface area (Å²) in [7, 11) is 1.33. The first kappa shape index (κ1) is 30.0. The van der Waals surface area contributed by atoms with Crippen molar-refractivity contribution in [3.8, 4) is 11.5 Å². The molecule has 0 spiro atoms. The van der Waals surface area contributed by atoms with E-state index >= 15 is 0 Å². The number of allylic oxidation sites excluding steroid dienone is 2. The van der Waals surface area contributed by atoms with Gasteiger partial charge in [-0.3, -0.25) is 29.0 Å². The maximum Gasteiger partial charge on any atom is 0.253 e. The Morgan fingerprint density at radius 1 is 0.933 bits per heavy atom. The summed E-state index contributed by atoms with van der Waals surface area (Å²) in [5, 5.41) is 11.4. The van der Waals surface area contributed by atoms with E-state index in [-0.39, 0.29) is 36.7 Å². The molecular formula is C34H27BrCl2N2O6. The summed E-state index contributed by atoms with van der Waals surface area (Å²) in [6.07, 6.45) is 1.94. The largest absolute Gasteiger partial charge is 0.508 e. The van der Waals surface area contributed by atoms with Crippen molar-refractivity contribution in [3.63, 3.8) is 0 Å². The Hall–Kier alpha value is -3.66. The van der Waals surface area contributed by atoms with Crippen LogP contribution in [0.2, 0.25) is 0 Å². The van der Waals surface area contributed by atoms with Crippen molar-refractivity contribution in [1.29, 1.82) is 0 Å². The third-order valence-corrected chi connectivity index (χ3v) is 11.6. The minimum atomic E-state index is -1.99. The summed E-state index contributed by atoms with van der Waals surface area (Å²) in [5.74, 6) is -5.17. The Bertz CT molecular complexity index is 1800. The van der Waals surface area contributed by atoms with Crippen molar-refractivity contribution in [1.82, 2.24) is 4.90 Å². The number of ether oxygens (including phenoxy) is 1. The van der Waals surface area contributed by atoms with Gasteiger partial charge in [0.1, 0.15) is 18.1 Å². The van der Waals surface area contributed by atoms with Gasteiger partial charge < -0.3 is 9.84 Å². The van der Waals surface area contributed by atoms with E-state index in [0.717, 1.165) is 14.9 Å². The van der Waals surface area contributed by atoms with Gasteiger partial charge in [0.25, 0.3) is 11.8 Å². The lowest BCUT2D eigenvalue weighted by Gasteiger charge is -2.50. The van der Waals surface area contributed by atoms with Gasteiger partial charge in [-0.2, -0.15) is 0 Å². The maximum absolute atomic E-state index is 14.1. The molecule has 2 heterocycles. The van der Waals surface area contributed by atoms with Gasteiger partial charge in [-0.1, -0.05) is 64.0 Å². The minimum absolute atomic E-state index is 0.122. The van der Waals surface area contributed by atoms with Gasteiger partial charge in [0.2, 0.25) is 11.8 Å². The second-order valence-electron chi connectivity index (χ2n) is 12.0. The third kappa shape index (κ3) is 4.31. The molecule has 4 amide bonds. The van der Waals surface area contributed by atoms with Crippen LogP contribution in [0.1, 0.15) is 29.9 Å². The van der Waals surface area contributed by atoms with Crippen LogP contribution in [0.5, 0.6) is 11.5 Å². The summed E-state index contributed by atoms with van der Waals surface area (Å²) in [6.45, 7) is 0.270. The third-order valence-electron chi connectivity index (χ3n) is 9.66. The van der Waals surface area contributed by atoms with Gasteiger partial charge in [-0.25, -0.2) is 0 Å². The highest BCUT2D eigenvalue weighted by atomic mass is 79.9. The molecule has 45 heavy (non-hydrogen) atoms. The van der Waals surface area contributed by atoms with Crippen LogP contribution in [0.25, 0.3) is 0 Å². The number of carbonyl (C=O) groups is 4. The highest BCUT2D eigenvalue weighted by Crippen LogP contribution is 2.66. The molecular weight excluding hydrogens is 683 g/mol. The van der Waals surface area contributed by atoms with Crippen LogP contribution in [0.4, 0.5) is 5.69 Å². The van der Waals surface area contributed by atoms with Crippen LogP contribution in [0, 0.1) is 17.8 Å². The number of rotatable bonds is 5. The number of phenolic OH excluding ortho intramolecular Hbond substituents is 1. The lowest BCUT2D eigenvalue weighted by Crippen LogP contribution is -2.60. The number of imide groups is 2. The molecule has 0 aromatic heterocycles. The summed E-state index contributed by atoms with van der Waals surface area (Å²) < 4.78 is 6.70. The monoisotopic (exact) mass is 708 g/mol. The van der Waals surface area contributed by atoms with E-state index in [1.54, 1.807) is 36.4 Å². The van der Waals surface area contributed by atoms with Crippen molar-refractivity contribution in [2.75, 3.05) is 11.9 Å². The van der Waals surface area contributed by atoms with Crippen LogP contribution < -0.4 is 9.64 Å². The molecule has 7 rings (SSSR count). The molecule has 0 radical (unpaired) electrons. The molecule has 11 heteroatoms. The normalized spacial score (nSPS) is 30.6. The predicted octanol–water partition coefficient (Wildman–Crippen LogP) is 5.93. The second-order valence-corrected chi connectivity index (χ2v) is 14.1. The number of aromatic hydroxyl groups is 1. The van der Waals surface area contributed by atoms with E-state index < -0.39 is 51.1 Å². The topological polar surface area (TPSA) is 104 Å². The lowest BCUT2D eigenvalue weighted by atomic mass is 9.56. The van der Waals surface area contributed by atoms with E-state index in [1.165, 1.54) is 18.0 Å². The average Bonchev–Trinajstić information content (AvgIpc) is 3.36. The van der Waals surface area contributed by atoms with E-state index in [2.05, 4.69) is 15.9 Å². The minimum Gasteiger partial charge on any atom is -0.508 e. The number of fused-ring (bicyclic) bond motifs is 4. The molecule has 4 aliphatic rings. The molecule has 1 saturated carbocycles. The number of likely N-dealkylation sites (tertiary alicyclic amines) is 1. The Morgan fingerprint density at radius 2 is 1.64 bits per heavy atom. The van der Waals surface area contributed by atoms with Crippen molar-refractivity contribution in [2.45, 2.75) is 35.1 Å². The van der Waals surface area contributed by atoms with Crippen LogP contribution in [0.3, 0.4) is 0 Å². The first-order chi connectivity index (χ1) is 21.5. The van der Waals surface area contributed by atoms with Crippen molar-refractivity contribution >= 4 is 68.4 Å². The van der Waals surface area contributed by atoms with Crippen LogP contribution >= 0.6 is 39.1 Å². The van der Waals surface area contributed by atoms with Crippen LogP contribution in [-0.2, 0) is 25.8 Å². The molecule has 3 aromatic rings. The number of benzene rings is 3. The Kier molecular flexibility index (Phi) is 7.15. The standard InChI is InChI=1S/C34H27BrCl2N2O6/c1-38-31(43)33(36)16-25-22(13-14-24-27(25)30(42)39(29(24)41)20-9-7-19(35)8-10-20)28(34(33,37)32(38)44)23-12-11-21(15-26(23)40)45-17-18-5-3-2-4-6-18/h2-13,15,24-25,27-28,40H,14,16-17H2,1H3. The zero-order valence-corrected chi connectivity index (χ0v) is 27.1. The number of carbonyl (C=O) groups excluding carboxylic acids is 4. The second kappa shape index (κ2) is 10.7. The van der Waals surface area contributed by atoms with E-state index in [9.17, 15) is 24.3 Å². The lowest BCUT2D eigenvalue weighted by molar-refractivity contribution is -0.138. The summed E-state index contributed by atoms with van der Waals surface area (Å²) in [4.78, 5) is 53.4. The van der Waals surface area contributed by atoms with Gasteiger partial charge in [0, 0.05) is 29.1 Å². The Balaban J connectivity index is 1.31. The first-order valence-electron chi connectivity index (χ1n) is 14.5. The van der Waals surface area contributed by atoms with Gasteiger partial charge in [0.05, 0.1) is 17.5 Å². The Labute approximate surface area is 277 Å². The number of amides is 4. The molecule has 3 aromatic carbocycles. The highest BCUT2D eigenvalue weighted by Gasteiger charge is 2.76. The molecule has 0 bridgehead atoms. The molecule has 8 nitrogen and oxygen atoms in total. The Morgan fingerprint density at radius 3 is 2.33 bits per heavy atom. The smallest absolute Gasteiger partial charge is 0.253 e. The quantitative estimate of drug-likeness (QED) is 0.200. The summed E-state index contributed by atoms with van der Waals surface area (Å²) in [5.41, 5.74) is 2.26. The van der Waals surface area contributed by atoms with Gasteiger partial charge in [-0.05, 0) is 54.7 Å². The first-order valence-corrected chi connectivity index (χ1v) is 16.1. The number of hydrogen-bond acceptors (Lipinski definition) is 6. The molecule has 2 saturated heterocycles. The molecule has 1 N–H and O–H groups in total. The molecule has 6 unspecified atom stereocenters. The van der Waals surface area contributed by atoms with Crippen LogP contribution in [0.15, 0.2) is 88.9 Å². The number of nitrogens with zero attached hydrogens (tertiary/aromatic N) is 2. The summed E-state index contributed by atoms with van der Waals surface area (Å²) >= 11 is 17.8. The number of halogens is 3. The van der Waals surface area contributed by atoms with E-state index in [1.807, 2.05) is 36.4 Å². The van der Waals surface area contributed by atoms with Crippen molar-refractivity contribution in [2.24, 2.45) is 17.8 Å². The highest BCUT2D eigenvalue weighted by molar-refractivity contribution is 9.10. The number of phenols is 1. The number of hydrogen-bond donors (Lipinski definition) is 1. The molecule has 3 fully saturated rings. The predicted molar refractivity (Wildman–Crippen MR) is 171 cm³/mol. The maximum atomic E-state index is 14.1. The average molecular weight is 710 g/mol. The van der Waals surface area contributed by atoms with Crippen molar-refractivity contribution in [3.05, 3.63) is 100 Å². The van der Waals surface area contributed by atoms with Crippen LogP contribution in [-0.4, -0.2) is 50.4 Å². The SMILES string of the molecule is CN1C(=O)C2(Cl)CC3C(=CCC4C(=O)N(c5ccc(Br)cc5)C(=O)C43)C(c3ccc(OCc4ccccc4)cc3O)C2(Cl)C1=O. The fraction of sp³-hybridized carbons (Fsp3) is 0.294. The molecule has 2 aliphatic heterocycles. The molecule has 230 valence electrons.